The lowest BCUT2D eigenvalue weighted by atomic mass is 9.90. The Balaban J connectivity index is 1.51. The lowest BCUT2D eigenvalue weighted by molar-refractivity contribution is 0.634. The summed E-state index contributed by atoms with van der Waals surface area (Å²) in [5.74, 6) is 0.961. The van der Waals surface area contributed by atoms with Crippen LogP contribution in [0.1, 0.15) is 29.5 Å². The third-order valence-corrected chi connectivity index (χ3v) is 5.49. The summed E-state index contributed by atoms with van der Waals surface area (Å²) in [5, 5.41) is 6.79. The molecule has 0 bridgehead atoms. The van der Waals surface area contributed by atoms with Gasteiger partial charge in [0, 0.05) is 25.0 Å². The van der Waals surface area contributed by atoms with Gasteiger partial charge in [0.05, 0.1) is 11.9 Å². The molecule has 0 unspecified atom stereocenters. The number of aryl methyl sites for hydroxylation is 2. The normalized spacial score (nSPS) is 15.8. The van der Waals surface area contributed by atoms with Crippen LogP contribution in [0.15, 0.2) is 65.9 Å². The van der Waals surface area contributed by atoms with Gasteiger partial charge in [0.25, 0.3) is 0 Å². The van der Waals surface area contributed by atoms with Crippen molar-refractivity contribution in [3.63, 3.8) is 0 Å². The molecule has 0 fully saturated rings. The summed E-state index contributed by atoms with van der Waals surface area (Å²) in [6.07, 6.45) is 8.80. The molecule has 0 aliphatic carbocycles. The number of nitrogens with zero attached hydrogens (tertiary/aromatic N) is 3. The highest BCUT2D eigenvalue weighted by Gasteiger charge is 2.23. The molecular weight excluding hydrogens is 332 g/mol. The summed E-state index contributed by atoms with van der Waals surface area (Å²) in [6.45, 7) is 2.42. The number of anilines is 3. The van der Waals surface area contributed by atoms with Crippen LogP contribution in [-0.2, 0) is 12.8 Å². The maximum absolute atomic E-state index is 4.83. The second-order valence-corrected chi connectivity index (χ2v) is 7.33. The van der Waals surface area contributed by atoms with Crippen LogP contribution < -0.4 is 9.91 Å². The lowest BCUT2D eigenvalue weighted by Gasteiger charge is -2.37. The molecule has 0 saturated heterocycles. The van der Waals surface area contributed by atoms with Gasteiger partial charge in [0.1, 0.15) is 5.82 Å². The summed E-state index contributed by atoms with van der Waals surface area (Å²) in [4.78, 5) is 5.84. The molecule has 0 radical (unpaired) electrons. The quantitative estimate of drug-likeness (QED) is 0.534. The summed E-state index contributed by atoms with van der Waals surface area (Å²) in [7, 11) is 0. The van der Waals surface area contributed by atoms with Crippen molar-refractivity contribution < 1.29 is 0 Å². The van der Waals surface area contributed by atoms with Gasteiger partial charge in [-0.15, -0.1) is 0 Å². The van der Waals surface area contributed by atoms with E-state index in [2.05, 4.69) is 34.1 Å². The maximum Gasteiger partial charge on any atom is 0.132 e. The van der Waals surface area contributed by atoms with Crippen molar-refractivity contribution in [3.8, 4) is 0 Å². The Bertz CT molecular complexity index is 913. The minimum absolute atomic E-state index is 0.961. The molecular formula is C23H24N4. The Labute approximate surface area is 160 Å². The first-order valence-electron chi connectivity index (χ1n) is 9.82. The topological polar surface area (TPSA) is 34.6 Å². The summed E-state index contributed by atoms with van der Waals surface area (Å²) in [6, 6.07) is 19.0. The number of hydrogen-bond donors (Lipinski definition) is 1. The second-order valence-electron chi connectivity index (χ2n) is 7.33. The molecule has 0 spiro atoms. The van der Waals surface area contributed by atoms with Crippen LogP contribution in [0.4, 0.5) is 17.2 Å². The van der Waals surface area contributed by atoms with Crippen LogP contribution in [0.2, 0.25) is 0 Å². The van der Waals surface area contributed by atoms with E-state index < -0.39 is 0 Å². The number of rotatable bonds is 4. The molecule has 4 nitrogen and oxygen atoms in total. The average Bonchev–Trinajstić information content (AvgIpc) is 3.24. The predicted octanol–water partition coefficient (Wildman–Crippen LogP) is 4.89. The van der Waals surface area contributed by atoms with E-state index in [1.54, 1.807) is 0 Å². The van der Waals surface area contributed by atoms with Gasteiger partial charge >= 0.3 is 0 Å². The SMILES string of the molecule is C(=NN(c1ccccc1)c1ccc[nH]1)c1cc2c3c(c1)CCCN3CCC2. The van der Waals surface area contributed by atoms with E-state index in [9.17, 15) is 0 Å². The van der Waals surface area contributed by atoms with Crippen molar-refractivity contribution in [1.29, 1.82) is 0 Å². The Morgan fingerprint density at radius 2 is 1.67 bits per heavy atom. The fourth-order valence-corrected chi connectivity index (χ4v) is 4.32. The summed E-state index contributed by atoms with van der Waals surface area (Å²) < 4.78 is 0. The first kappa shape index (κ1) is 16.2. The minimum Gasteiger partial charge on any atom is -0.371 e. The Hall–Kier alpha value is -3.01. The first-order chi connectivity index (χ1) is 13.4. The molecule has 3 aromatic rings. The zero-order valence-corrected chi connectivity index (χ0v) is 15.4. The summed E-state index contributed by atoms with van der Waals surface area (Å²) in [5.41, 5.74) is 6.73. The molecule has 3 heterocycles. The van der Waals surface area contributed by atoms with Crippen LogP contribution in [-0.4, -0.2) is 24.3 Å². The number of H-pyrrole nitrogens is 1. The van der Waals surface area contributed by atoms with Gasteiger partial charge < -0.3 is 9.88 Å². The molecule has 4 heteroatoms. The molecule has 27 heavy (non-hydrogen) atoms. The molecule has 5 rings (SSSR count). The highest BCUT2D eigenvalue weighted by atomic mass is 15.5. The monoisotopic (exact) mass is 356 g/mol. The number of hydrazone groups is 1. The molecule has 2 aliphatic rings. The van der Waals surface area contributed by atoms with E-state index in [4.69, 9.17) is 5.10 Å². The number of aromatic amines is 1. The van der Waals surface area contributed by atoms with Crippen molar-refractivity contribution in [3.05, 3.63) is 77.5 Å². The highest BCUT2D eigenvalue weighted by molar-refractivity contribution is 5.84. The van der Waals surface area contributed by atoms with Gasteiger partial charge in [0.15, 0.2) is 0 Å². The standard InChI is InChI=1S/C23H24N4/c1-2-9-21(10-3-1)27(22-11-4-12-24-22)25-17-18-15-19-7-5-13-26-14-6-8-20(16-18)23(19)26/h1-4,9-12,15-17,24H,5-8,13-14H2. The van der Waals surface area contributed by atoms with E-state index in [1.807, 2.05) is 47.8 Å². The number of benzene rings is 2. The third-order valence-electron chi connectivity index (χ3n) is 5.49. The fourth-order valence-electron chi connectivity index (χ4n) is 4.32. The van der Waals surface area contributed by atoms with Crippen LogP contribution in [0.5, 0.6) is 0 Å². The average molecular weight is 356 g/mol. The molecule has 0 amide bonds. The molecule has 0 saturated carbocycles. The van der Waals surface area contributed by atoms with E-state index in [1.165, 1.54) is 61.2 Å². The van der Waals surface area contributed by atoms with Crippen molar-refractivity contribution in [2.75, 3.05) is 23.0 Å². The van der Waals surface area contributed by atoms with E-state index >= 15 is 0 Å². The van der Waals surface area contributed by atoms with E-state index in [-0.39, 0.29) is 0 Å². The van der Waals surface area contributed by atoms with Gasteiger partial charge in [-0.3, -0.25) is 0 Å². The maximum atomic E-state index is 4.83. The molecule has 1 N–H and O–H groups in total. The molecule has 1 aromatic heterocycles. The number of aromatic nitrogens is 1. The van der Waals surface area contributed by atoms with E-state index in [0.29, 0.717) is 0 Å². The van der Waals surface area contributed by atoms with Crippen LogP contribution in [0.3, 0.4) is 0 Å². The van der Waals surface area contributed by atoms with Gasteiger partial charge in [-0.1, -0.05) is 18.2 Å². The third kappa shape index (κ3) is 3.12. The zero-order valence-electron chi connectivity index (χ0n) is 15.4. The van der Waals surface area contributed by atoms with Gasteiger partial charge in [-0.2, -0.15) is 5.10 Å². The van der Waals surface area contributed by atoms with Gasteiger partial charge in [-0.25, -0.2) is 5.01 Å². The van der Waals surface area contributed by atoms with Gasteiger partial charge in [-0.05, 0) is 78.8 Å². The highest BCUT2D eigenvalue weighted by Crippen LogP contribution is 2.36. The zero-order chi connectivity index (χ0) is 18.1. The second kappa shape index (κ2) is 6.95. The largest absolute Gasteiger partial charge is 0.371 e. The van der Waals surface area contributed by atoms with E-state index in [0.717, 1.165) is 11.5 Å². The van der Waals surface area contributed by atoms with Crippen LogP contribution >= 0.6 is 0 Å². The predicted molar refractivity (Wildman–Crippen MR) is 112 cm³/mol. The number of nitrogens with one attached hydrogen (secondary N) is 1. The summed E-state index contributed by atoms with van der Waals surface area (Å²) >= 11 is 0. The molecule has 2 aliphatic heterocycles. The van der Waals surface area contributed by atoms with Gasteiger partial charge in [0.2, 0.25) is 0 Å². The van der Waals surface area contributed by atoms with Crippen molar-refractivity contribution in [2.45, 2.75) is 25.7 Å². The Kier molecular flexibility index (Phi) is 4.17. The van der Waals surface area contributed by atoms with Crippen LogP contribution in [0, 0.1) is 0 Å². The fraction of sp³-hybridized carbons (Fsp3) is 0.261. The molecule has 136 valence electrons. The molecule has 2 aromatic carbocycles. The lowest BCUT2D eigenvalue weighted by Crippen LogP contribution is -2.34. The minimum atomic E-state index is 0.961. The Morgan fingerprint density at radius 1 is 0.926 bits per heavy atom. The van der Waals surface area contributed by atoms with Crippen molar-refractivity contribution in [1.82, 2.24) is 4.98 Å². The van der Waals surface area contributed by atoms with Crippen molar-refractivity contribution >= 4 is 23.4 Å². The Morgan fingerprint density at radius 3 is 2.33 bits per heavy atom. The van der Waals surface area contributed by atoms with Crippen LogP contribution in [0.25, 0.3) is 0 Å². The molecule has 0 atom stereocenters. The number of para-hydroxylation sites is 1. The smallest absolute Gasteiger partial charge is 0.132 e. The van der Waals surface area contributed by atoms with Crippen molar-refractivity contribution in [2.24, 2.45) is 5.10 Å². The first-order valence-corrected chi connectivity index (χ1v) is 9.82. The number of hydrogen-bond acceptors (Lipinski definition) is 3.